The fourth-order valence-corrected chi connectivity index (χ4v) is 2.94. The molecule has 0 fully saturated rings. The average Bonchev–Trinajstić information content (AvgIpc) is 2.64. The minimum absolute atomic E-state index is 0. The van der Waals surface area contributed by atoms with Crippen LogP contribution in [0.3, 0.4) is 0 Å². The van der Waals surface area contributed by atoms with E-state index in [1.54, 1.807) is 32.5 Å². The Kier molecular flexibility index (Phi) is 9.50. The molecule has 0 aliphatic rings. The summed E-state index contributed by atoms with van der Waals surface area (Å²) in [7, 11) is 0.143. The van der Waals surface area contributed by atoms with Crippen LogP contribution in [0.4, 0.5) is 0 Å². The SMILES string of the molecule is CN=C(NCCc1ccc(S(C)(=O)=O)cc1)NCc1ccnc(OC)c1.I. The zero-order valence-electron chi connectivity index (χ0n) is 15.6. The van der Waals surface area contributed by atoms with Gasteiger partial charge in [-0.25, -0.2) is 13.4 Å². The van der Waals surface area contributed by atoms with Crippen molar-refractivity contribution >= 4 is 39.8 Å². The van der Waals surface area contributed by atoms with Crippen LogP contribution in [-0.4, -0.2) is 46.3 Å². The van der Waals surface area contributed by atoms with Crippen LogP contribution < -0.4 is 15.4 Å². The van der Waals surface area contributed by atoms with Crippen LogP contribution in [0.1, 0.15) is 11.1 Å². The molecular weight excluding hydrogens is 479 g/mol. The number of aliphatic imine (C=N–C) groups is 1. The zero-order valence-corrected chi connectivity index (χ0v) is 18.7. The predicted octanol–water partition coefficient (Wildman–Crippen LogP) is 2.02. The van der Waals surface area contributed by atoms with Crippen molar-refractivity contribution in [2.45, 2.75) is 17.9 Å². The van der Waals surface area contributed by atoms with E-state index in [4.69, 9.17) is 4.74 Å². The molecule has 0 atom stereocenters. The lowest BCUT2D eigenvalue weighted by atomic mass is 10.1. The van der Waals surface area contributed by atoms with Crippen LogP contribution >= 0.6 is 24.0 Å². The van der Waals surface area contributed by atoms with E-state index in [0.29, 0.717) is 29.8 Å². The fourth-order valence-electron chi connectivity index (χ4n) is 2.31. The van der Waals surface area contributed by atoms with Gasteiger partial charge in [0.2, 0.25) is 5.88 Å². The molecule has 0 radical (unpaired) electrons. The van der Waals surface area contributed by atoms with E-state index in [1.807, 2.05) is 24.3 Å². The molecule has 0 aliphatic heterocycles. The monoisotopic (exact) mass is 504 g/mol. The Morgan fingerprint density at radius 3 is 2.44 bits per heavy atom. The summed E-state index contributed by atoms with van der Waals surface area (Å²) in [6.45, 7) is 1.28. The van der Waals surface area contributed by atoms with Gasteiger partial charge < -0.3 is 15.4 Å². The topological polar surface area (TPSA) is 92.7 Å². The number of methoxy groups -OCH3 is 1. The molecule has 0 spiro atoms. The van der Waals surface area contributed by atoms with Gasteiger partial charge in [0.1, 0.15) is 0 Å². The largest absolute Gasteiger partial charge is 0.481 e. The molecule has 9 heteroatoms. The molecule has 1 heterocycles. The van der Waals surface area contributed by atoms with E-state index >= 15 is 0 Å². The molecule has 0 aliphatic carbocycles. The van der Waals surface area contributed by atoms with Crippen molar-refractivity contribution in [3.05, 3.63) is 53.7 Å². The second-order valence-electron chi connectivity index (χ2n) is 5.73. The average molecular weight is 504 g/mol. The summed E-state index contributed by atoms with van der Waals surface area (Å²) in [5.41, 5.74) is 2.09. The molecule has 148 valence electrons. The molecule has 1 aromatic carbocycles. The van der Waals surface area contributed by atoms with Crippen molar-refractivity contribution in [2.75, 3.05) is 27.0 Å². The van der Waals surface area contributed by atoms with Gasteiger partial charge in [0, 0.05) is 38.7 Å². The molecule has 7 nitrogen and oxygen atoms in total. The maximum absolute atomic E-state index is 11.5. The van der Waals surface area contributed by atoms with Crippen molar-refractivity contribution in [3.63, 3.8) is 0 Å². The Morgan fingerprint density at radius 2 is 1.85 bits per heavy atom. The quantitative estimate of drug-likeness (QED) is 0.341. The number of hydrogen-bond acceptors (Lipinski definition) is 5. The lowest BCUT2D eigenvalue weighted by Crippen LogP contribution is -2.37. The van der Waals surface area contributed by atoms with Gasteiger partial charge in [-0.05, 0) is 35.7 Å². The van der Waals surface area contributed by atoms with Crippen LogP contribution in [0.25, 0.3) is 0 Å². The predicted molar refractivity (Wildman–Crippen MR) is 118 cm³/mol. The Hall–Kier alpha value is -1.88. The van der Waals surface area contributed by atoms with Crippen molar-refractivity contribution in [1.29, 1.82) is 0 Å². The lowest BCUT2D eigenvalue weighted by molar-refractivity contribution is 0.397. The fraction of sp³-hybridized carbons (Fsp3) is 0.333. The van der Waals surface area contributed by atoms with Gasteiger partial charge in [-0.3, -0.25) is 4.99 Å². The van der Waals surface area contributed by atoms with E-state index < -0.39 is 9.84 Å². The molecule has 0 amide bonds. The van der Waals surface area contributed by atoms with Gasteiger partial charge in [0.15, 0.2) is 15.8 Å². The highest BCUT2D eigenvalue weighted by molar-refractivity contribution is 14.0. The minimum Gasteiger partial charge on any atom is -0.481 e. The van der Waals surface area contributed by atoms with Crippen molar-refractivity contribution in [2.24, 2.45) is 4.99 Å². The minimum atomic E-state index is -3.15. The van der Waals surface area contributed by atoms with E-state index in [2.05, 4.69) is 20.6 Å². The summed E-state index contributed by atoms with van der Waals surface area (Å²) in [6.07, 6.45) is 3.66. The maximum atomic E-state index is 11.5. The van der Waals surface area contributed by atoms with Gasteiger partial charge in [0.25, 0.3) is 0 Å². The summed E-state index contributed by atoms with van der Waals surface area (Å²) in [4.78, 5) is 8.60. The van der Waals surface area contributed by atoms with Crippen molar-refractivity contribution in [1.82, 2.24) is 15.6 Å². The van der Waals surface area contributed by atoms with Crippen molar-refractivity contribution in [3.8, 4) is 5.88 Å². The molecule has 0 saturated heterocycles. The van der Waals surface area contributed by atoms with E-state index in [1.165, 1.54) is 6.26 Å². The molecule has 0 unspecified atom stereocenters. The van der Waals surface area contributed by atoms with Crippen molar-refractivity contribution < 1.29 is 13.2 Å². The highest BCUT2D eigenvalue weighted by Gasteiger charge is 2.06. The summed E-state index contributed by atoms with van der Waals surface area (Å²) in [5, 5.41) is 6.46. The van der Waals surface area contributed by atoms with Gasteiger partial charge in [0.05, 0.1) is 12.0 Å². The van der Waals surface area contributed by atoms with Crippen LogP contribution in [0, 0.1) is 0 Å². The number of benzene rings is 1. The first-order valence-corrected chi connectivity index (χ1v) is 10.0. The molecule has 27 heavy (non-hydrogen) atoms. The van der Waals surface area contributed by atoms with E-state index in [-0.39, 0.29) is 24.0 Å². The van der Waals surface area contributed by atoms with Crippen LogP contribution in [-0.2, 0) is 22.8 Å². The summed E-state index contributed by atoms with van der Waals surface area (Å²) in [5.74, 6) is 1.26. The third kappa shape index (κ3) is 7.71. The smallest absolute Gasteiger partial charge is 0.213 e. The number of nitrogens with one attached hydrogen (secondary N) is 2. The van der Waals surface area contributed by atoms with Gasteiger partial charge in [-0.1, -0.05) is 12.1 Å². The van der Waals surface area contributed by atoms with Crippen LogP contribution in [0.15, 0.2) is 52.5 Å². The number of hydrogen-bond donors (Lipinski definition) is 2. The number of guanidine groups is 1. The number of ether oxygens (including phenoxy) is 1. The summed E-state index contributed by atoms with van der Waals surface area (Å²) >= 11 is 0. The van der Waals surface area contributed by atoms with Gasteiger partial charge in [-0.2, -0.15) is 0 Å². The Balaban J connectivity index is 0.00000364. The first-order chi connectivity index (χ1) is 12.4. The number of rotatable bonds is 7. The second kappa shape index (κ2) is 11.1. The number of halogens is 1. The van der Waals surface area contributed by atoms with Crippen LogP contribution in [0.5, 0.6) is 5.88 Å². The first kappa shape index (κ1) is 23.2. The Labute approximate surface area is 177 Å². The summed E-state index contributed by atoms with van der Waals surface area (Å²) < 4.78 is 28.0. The highest BCUT2D eigenvalue weighted by atomic mass is 127. The molecule has 2 aromatic rings. The number of pyridine rings is 1. The standard InChI is InChI=1S/C18H24N4O3S.HI/c1-19-18(22-13-15-9-10-20-17(12-15)25-2)21-11-8-14-4-6-16(7-5-14)26(3,23)24;/h4-7,9-10,12H,8,11,13H2,1-3H3,(H2,19,21,22);1H. The third-order valence-corrected chi connectivity index (χ3v) is 4.88. The highest BCUT2D eigenvalue weighted by Crippen LogP contribution is 2.10. The Morgan fingerprint density at radius 1 is 1.15 bits per heavy atom. The Bertz CT molecular complexity index is 855. The molecule has 0 saturated carbocycles. The van der Waals surface area contributed by atoms with Gasteiger partial charge in [-0.15, -0.1) is 24.0 Å². The molecule has 1 aromatic heterocycles. The zero-order chi connectivity index (χ0) is 19.0. The molecule has 2 N–H and O–H groups in total. The van der Waals surface area contributed by atoms with E-state index in [9.17, 15) is 8.42 Å². The third-order valence-electron chi connectivity index (χ3n) is 3.75. The maximum Gasteiger partial charge on any atom is 0.213 e. The van der Waals surface area contributed by atoms with Crippen LogP contribution in [0.2, 0.25) is 0 Å². The number of sulfone groups is 1. The lowest BCUT2D eigenvalue weighted by Gasteiger charge is -2.12. The normalized spacial score (nSPS) is 11.4. The number of aromatic nitrogens is 1. The first-order valence-electron chi connectivity index (χ1n) is 8.15. The molecule has 2 rings (SSSR count). The van der Waals surface area contributed by atoms with Gasteiger partial charge >= 0.3 is 0 Å². The van der Waals surface area contributed by atoms with E-state index in [0.717, 1.165) is 17.5 Å². The second-order valence-corrected chi connectivity index (χ2v) is 7.74. The summed E-state index contributed by atoms with van der Waals surface area (Å²) in [6, 6.07) is 10.7. The number of nitrogens with zero attached hydrogens (tertiary/aromatic N) is 2. The molecular formula is C18H25IN4O3S. The molecule has 0 bridgehead atoms.